The highest BCUT2D eigenvalue weighted by atomic mass is 28.3. The predicted molar refractivity (Wildman–Crippen MR) is 117 cm³/mol. The molecule has 0 aliphatic rings. The van der Waals surface area contributed by atoms with Gasteiger partial charge in [-0.05, 0) is 27.7 Å². The van der Waals surface area contributed by atoms with Crippen LogP contribution in [0.1, 0.15) is 5.56 Å². The largest absolute Gasteiger partial charge is 0.230 e. The first-order valence-corrected chi connectivity index (χ1v) is 11.1. The van der Waals surface area contributed by atoms with Gasteiger partial charge in [-0.2, -0.15) is 0 Å². The van der Waals surface area contributed by atoms with Crippen LogP contribution in [0.2, 0.25) is 0 Å². The van der Waals surface area contributed by atoms with E-state index in [1.165, 1.54) is 15.6 Å². The topological polar surface area (TPSA) is 0 Å². The van der Waals surface area contributed by atoms with E-state index in [1.54, 1.807) is 0 Å². The molecule has 4 rings (SSSR count). The summed E-state index contributed by atoms with van der Waals surface area (Å²) in [5.74, 6) is 3.49. The molecule has 0 heterocycles. The van der Waals surface area contributed by atoms with Crippen LogP contribution in [0.5, 0.6) is 0 Å². The Bertz CT molecular complexity index is 947. The van der Waals surface area contributed by atoms with E-state index in [0.29, 0.717) is 0 Å². The molecule has 0 nitrogen and oxygen atoms in total. The molecule has 0 bridgehead atoms. The van der Waals surface area contributed by atoms with Gasteiger partial charge in [-0.3, -0.25) is 0 Å². The van der Waals surface area contributed by atoms with Crippen molar-refractivity contribution in [3.63, 3.8) is 0 Å². The molecule has 0 N–H and O–H groups in total. The molecule has 128 valence electrons. The standard InChI is InChI=1S/C26H20Si/c1-5-13-23(14-6-1)21-22-27(24-15-7-2-8-16-24,25-17-9-3-10-18-25)26-19-11-4-12-20-26/h1-20H. The molecule has 0 saturated heterocycles. The average molecular weight is 361 g/mol. The fraction of sp³-hybridized carbons (Fsp3) is 0. The van der Waals surface area contributed by atoms with E-state index in [2.05, 4.69) is 115 Å². The Hall–Kier alpha value is -3.34. The first kappa shape index (κ1) is 17.1. The third-order valence-corrected chi connectivity index (χ3v) is 8.89. The molecule has 0 aliphatic heterocycles. The Balaban J connectivity index is 2.03. The van der Waals surface area contributed by atoms with Crippen LogP contribution < -0.4 is 15.6 Å². The van der Waals surface area contributed by atoms with Crippen LogP contribution in [-0.2, 0) is 0 Å². The lowest BCUT2D eigenvalue weighted by molar-refractivity contribution is 1.65. The van der Waals surface area contributed by atoms with E-state index in [0.717, 1.165) is 5.56 Å². The van der Waals surface area contributed by atoms with E-state index >= 15 is 0 Å². The minimum Gasteiger partial charge on any atom is -0.109 e. The van der Waals surface area contributed by atoms with Gasteiger partial charge in [0.15, 0.2) is 0 Å². The van der Waals surface area contributed by atoms with Crippen molar-refractivity contribution in [2.75, 3.05) is 0 Å². The van der Waals surface area contributed by atoms with Gasteiger partial charge >= 0.3 is 0 Å². The first-order chi connectivity index (χ1) is 13.4. The number of benzene rings is 4. The summed E-state index contributed by atoms with van der Waals surface area (Å²) in [5, 5.41) is 3.93. The summed E-state index contributed by atoms with van der Waals surface area (Å²) in [5.41, 5.74) is 4.84. The Morgan fingerprint density at radius 3 is 1.11 bits per heavy atom. The molecule has 4 aromatic carbocycles. The van der Waals surface area contributed by atoms with Crippen molar-refractivity contribution >= 4 is 23.6 Å². The SMILES string of the molecule is C(#C[Si](c1ccccc1)(c1ccccc1)c1ccccc1)c1ccccc1. The van der Waals surface area contributed by atoms with Crippen LogP contribution in [0.3, 0.4) is 0 Å². The van der Waals surface area contributed by atoms with Gasteiger partial charge in [0, 0.05) is 5.56 Å². The Morgan fingerprint density at radius 1 is 0.407 bits per heavy atom. The molecule has 4 aromatic rings. The van der Waals surface area contributed by atoms with Gasteiger partial charge in [0.1, 0.15) is 0 Å². The number of hydrogen-bond acceptors (Lipinski definition) is 0. The fourth-order valence-corrected chi connectivity index (χ4v) is 7.31. The maximum absolute atomic E-state index is 3.79. The zero-order valence-electron chi connectivity index (χ0n) is 15.0. The van der Waals surface area contributed by atoms with Crippen molar-refractivity contribution in [3.8, 4) is 11.5 Å². The summed E-state index contributed by atoms with van der Waals surface area (Å²) < 4.78 is 0. The molecule has 0 atom stereocenters. The third kappa shape index (κ3) is 3.49. The van der Waals surface area contributed by atoms with E-state index in [1.807, 2.05) is 18.2 Å². The van der Waals surface area contributed by atoms with Crippen LogP contribution >= 0.6 is 0 Å². The van der Waals surface area contributed by atoms with Crippen molar-refractivity contribution in [2.24, 2.45) is 0 Å². The minimum absolute atomic E-state index is 1.05. The Labute approximate surface area is 162 Å². The third-order valence-electron chi connectivity index (χ3n) is 4.79. The predicted octanol–water partition coefficient (Wildman–Crippen LogP) is 3.75. The normalized spacial score (nSPS) is 10.7. The van der Waals surface area contributed by atoms with Crippen molar-refractivity contribution in [3.05, 3.63) is 127 Å². The van der Waals surface area contributed by atoms with E-state index in [9.17, 15) is 0 Å². The summed E-state index contributed by atoms with van der Waals surface area (Å²) in [7, 11) is -2.47. The van der Waals surface area contributed by atoms with E-state index < -0.39 is 8.07 Å². The highest BCUT2D eigenvalue weighted by Crippen LogP contribution is 2.08. The number of rotatable bonds is 3. The Kier molecular flexibility index (Phi) is 5.01. The zero-order chi connectivity index (χ0) is 18.4. The van der Waals surface area contributed by atoms with Gasteiger partial charge in [-0.25, -0.2) is 0 Å². The second-order valence-corrected chi connectivity index (χ2v) is 9.95. The van der Waals surface area contributed by atoms with Gasteiger partial charge in [-0.15, -0.1) is 5.54 Å². The summed E-state index contributed by atoms with van der Waals surface area (Å²) in [4.78, 5) is 0. The van der Waals surface area contributed by atoms with Crippen molar-refractivity contribution < 1.29 is 0 Å². The Morgan fingerprint density at radius 2 is 0.741 bits per heavy atom. The van der Waals surface area contributed by atoms with Gasteiger partial charge in [0.05, 0.1) is 0 Å². The minimum atomic E-state index is -2.47. The lowest BCUT2D eigenvalue weighted by Crippen LogP contribution is -2.66. The summed E-state index contributed by atoms with van der Waals surface area (Å²) >= 11 is 0. The lowest BCUT2D eigenvalue weighted by Gasteiger charge is -2.28. The molecular weight excluding hydrogens is 340 g/mol. The fourth-order valence-electron chi connectivity index (χ4n) is 3.47. The second kappa shape index (κ2) is 7.91. The molecule has 0 saturated carbocycles. The van der Waals surface area contributed by atoms with Crippen LogP contribution in [-0.4, -0.2) is 8.07 Å². The monoisotopic (exact) mass is 360 g/mol. The van der Waals surface area contributed by atoms with Crippen molar-refractivity contribution in [1.82, 2.24) is 0 Å². The molecule has 0 unspecified atom stereocenters. The molecule has 1 heteroatoms. The maximum atomic E-state index is 3.79. The van der Waals surface area contributed by atoms with Crippen molar-refractivity contribution in [1.29, 1.82) is 0 Å². The molecule has 0 radical (unpaired) electrons. The molecule has 0 amide bonds. The second-order valence-electron chi connectivity index (χ2n) is 6.46. The first-order valence-electron chi connectivity index (χ1n) is 9.14. The molecule has 0 aliphatic carbocycles. The zero-order valence-corrected chi connectivity index (χ0v) is 16.0. The van der Waals surface area contributed by atoms with Gasteiger partial charge < -0.3 is 0 Å². The average Bonchev–Trinajstić information content (AvgIpc) is 2.77. The van der Waals surface area contributed by atoms with Crippen LogP contribution in [0, 0.1) is 11.5 Å². The quantitative estimate of drug-likeness (QED) is 0.297. The molecule has 0 fully saturated rings. The highest BCUT2D eigenvalue weighted by molar-refractivity contribution is 7.16. The molecule has 27 heavy (non-hydrogen) atoms. The highest BCUT2D eigenvalue weighted by Gasteiger charge is 2.38. The van der Waals surface area contributed by atoms with Gasteiger partial charge in [0.25, 0.3) is 0 Å². The van der Waals surface area contributed by atoms with E-state index in [4.69, 9.17) is 0 Å². The van der Waals surface area contributed by atoms with Crippen LogP contribution in [0.25, 0.3) is 0 Å². The van der Waals surface area contributed by atoms with Crippen LogP contribution in [0.15, 0.2) is 121 Å². The summed E-state index contributed by atoms with van der Waals surface area (Å²) in [6.45, 7) is 0. The van der Waals surface area contributed by atoms with Crippen LogP contribution in [0.4, 0.5) is 0 Å². The van der Waals surface area contributed by atoms with Gasteiger partial charge in [-0.1, -0.05) is 115 Å². The van der Waals surface area contributed by atoms with Crippen molar-refractivity contribution in [2.45, 2.75) is 0 Å². The molecule has 0 aromatic heterocycles. The molecular formula is C26H20Si. The maximum Gasteiger partial charge on any atom is 0.230 e. The number of hydrogen-bond donors (Lipinski definition) is 0. The smallest absolute Gasteiger partial charge is 0.109 e. The molecule has 0 spiro atoms. The lowest BCUT2D eigenvalue weighted by atomic mass is 10.2. The van der Waals surface area contributed by atoms with E-state index in [-0.39, 0.29) is 0 Å². The summed E-state index contributed by atoms with van der Waals surface area (Å²) in [6.07, 6.45) is 0. The summed E-state index contributed by atoms with van der Waals surface area (Å²) in [6, 6.07) is 42.6. The van der Waals surface area contributed by atoms with Gasteiger partial charge in [0.2, 0.25) is 8.07 Å².